The van der Waals surface area contributed by atoms with Crippen LogP contribution < -0.4 is 10.1 Å². The number of benzene rings is 1. The number of hydrogen-bond acceptors (Lipinski definition) is 6. The molecule has 0 aliphatic heterocycles. The summed E-state index contributed by atoms with van der Waals surface area (Å²) in [5.74, 6) is 0.526. The molecule has 0 amide bonds. The molecule has 0 radical (unpaired) electrons. The number of hydrogen-bond donors (Lipinski definition) is 1. The number of ether oxygens (including phenoxy) is 1. The average molecular weight is 341 g/mol. The van der Waals surface area contributed by atoms with Crippen molar-refractivity contribution >= 4 is 34.7 Å². The molecule has 7 nitrogen and oxygen atoms in total. The number of rotatable bonds is 7. The van der Waals surface area contributed by atoms with Crippen LogP contribution in [0.4, 0.5) is 11.4 Å². The van der Waals surface area contributed by atoms with E-state index in [1.54, 1.807) is 18.3 Å². The molecule has 2 aromatic rings. The SMILES string of the molecule is COc1ccc([N+](=O)[O-])c2c(NCCCN(C)C)ccnc12.Cl. The predicted molar refractivity (Wildman–Crippen MR) is 93.9 cm³/mol. The molecule has 126 valence electrons. The first-order valence-corrected chi connectivity index (χ1v) is 7.03. The average Bonchev–Trinajstić information content (AvgIpc) is 2.50. The fourth-order valence-corrected chi connectivity index (χ4v) is 2.31. The summed E-state index contributed by atoms with van der Waals surface area (Å²) < 4.78 is 5.25. The molecule has 0 fully saturated rings. The van der Waals surface area contributed by atoms with Crippen molar-refractivity contribution in [1.82, 2.24) is 9.88 Å². The third kappa shape index (κ3) is 4.43. The van der Waals surface area contributed by atoms with Crippen LogP contribution in [-0.2, 0) is 0 Å². The monoisotopic (exact) mass is 340 g/mol. The molecule has 0 atom stereocenters. The van der Waals surface area contributed by atoms with Crippen LogP contribution >= 0.6 is 12.4 Å². The maximum absolute atomic E-state index is 11.3. The van der Waals surface area contributed by atoms with Gasteiger partial charge >= 0.3 is 0 Å². The summed E-state index contributed by atoms with van der Waals surface area (Å²) in [4.78, 5) is 17.2. The zero-order valence-electron chi connectivity index (χ0n) is 13.4. The minimum atomic E-state index is -0.394. The van der Waals surface area contributed by atoms with Crippen LogP contribution in [0.5, 0.6) is 5.75 Å². The summed E-state index contributed by atoms with van der Waals surface area (Å²) in [5.41, 5.74) is 1.22. The van der Waals surface area contributed by atoms with Gasteiger partial charge in [0.05, 0.1) is 17.7 Å². The number of halogens is 1. The zero-order valence-corrected chi connectivity index (χ0v) is 14.2. The number of nitrogens with zero attached hydrogens (tertiary/aromatic N) is 3. The Morgan fingerprint density at radius 3 is 2.70 bits per heavy atom. The van der Waals surface area contributed by atoms with Crippen LogP contribution in [0, 0.1) is 10.1 Å². The first-order valence-electron chi connectivity index (χ1n) is 7.03. The van der Waals surface area contributed by atoms with Crippen LogP contribution in [0.2, 0.25) is 0 Å². The summed E-state index contributed by atoms with van der Waals surface area (Å²) in [7, 11) is 5.55. The molecule has 0 unspecified atom stereocenters. The number of nitro groups is 1. The van der Waals surface area contributed by atoms with Crippen molar-refractivity contribution in [1.29, 1.82) is 0 Å². The fourth-order valence-electron chi connectivity index (χ4n) is 2.31. The van der Waals surface area contributed by atoms with Gasteiger partial charge in [0.25, 0.3) is 5.69 Å². The van der Waals surface area contributed by atoms with E-state index in [-0.39, 0.29) is 18.1 Å². The lowest BCUT2D eigenvalue weighted by molar-refractivity contribution is -0.383. The van der Waals surface area contributed by atoms with Gasteiger partial charge in [-0.1, -0.05) is 0 Å². The van der Waals surface area contributed by atoms with Crippen LogP contribution in [-0.4, -0.2) is 49.1 Å². The number of nitrogens with one attached hydrogen (secondary N) is 1. The molecule has 23 heavy (non-hydrogen) atoms. The lowest BCUT2D eigenvalue weighted by Crippen LogP contribution is -2.16. The standard InChI is InChI=1S/C15H20N4O3.ClH/c1-18(2)10-4-8-16-11-7-9-17-15-13(22-3)6-5-12(14(11)15)19(20)21;/h5-7,9H,4,8,10H2,1-3H3,(H,16,17);1H. The predicted octanol–water partition coefficient (Wildman–Crippen LogP) is 2.94. The number of fused-ring (bicyclic) bond motifs is 1. The van der Waals surface area contributed by atoms with E-state index >= 15 is 0 Å². The Kier molecular flexibility index (Phi) is 6.99. The van der Waals surface area contributed by atoms with Crippen LogP contribution in [0.25, 0.3) is 10.9 Å². The normalized spacial score (nSPS) is 10.4. The van der Waals surface area contributed by atoms with Gasteiger partial charge in [0.1, 0.15) is 16.7 Å². The lowest BCUT2D eigenvalue weighted by atomic mass is 10.1. The molecule has 1 N–H and O–H groups in total. The highest BCUT2D eigenvalue weighted by Crippen LogP contribution is 2.36. The smallest absolute Gasteiger partial charge is 0.281 e. The van der Waals surface area contributed by atoms with Crippen LogP contribution in [0.1, 0.15) is 6.42 Å². The first kappa shape index (κ1) is 18.9. The maximum Gasteiger partial charge on any atom is 0.281 e. The maximum atomic E-state index is 11.3. The Bertz CT molecular complexity index is 679. The number of anilines is 1. The number of methoxy groups -OCH3 is 1. The highest BCUT2D eigenvalue weighted by Gasteiger charge is 2.19. The van der Waals surface area contributed by atoms with Gasteiger partial charge in [-0.05, 0) is 39.2 Å². The van der Waals surface area contributed by atoms with Gasteiger partial charge < -0.3 is 15.0 Å². The summed E-state index contributed by atoms with van der Waals surface area (Å²) in [6, 6.07) is 4.78. The number of nitro benzene ring substituents is 1. The van der Waals surface area contributed by atoms with Crippen molar-refractivity contribution < 1.29 is 9.66 Å². The minimum Gasteiger partial charge on any atom is -0.494 e. The lowest BCUT2D eigenvalue weighted by Gasteiger charge is -2.13. The van der Waals surface area contributed by atoms with E-state index in [1.165, 1.54) is 13.2 Å². The van der Waals surface area contributed by atoms with Crippen molar-refractivity contribution in [2.24, 2.45) is 0 Å². The molecule has 0 aliphatic rings. The van der Waals surface area contributed by atoms with E-state index in [1.807, 2.05) is 14.1 Å². The molecule has 0 saturated heterocycles. The van der Waals surface area contributed by atoms with E-state index in [0.29, 0.717) is 22.3 Å². The molecule has 1 aromatic carbocycles. The van der Waals surface area contributed by atoms with Crippen LogP contribution in [0.15, 0.2) is 24.4 Å². The Labute approximate surface area is 141 Å². The van der Waals surface area contributed by atoms with Crippen molar-refractivity contribution in [3.8, 4) is 5.75 Å². The fraction of sp³-hybridized carbons (Fsp3) is 0.400. The van der Waals surface area contributed by atoms with E-state index < -0.39 is 4.92 Å². The third-order valence-corrected chi connectivity index (χ3v) is 3.35. The van der Waals surface area contributed by atoms with Crippen molar-refractivity contribution in [3.05, 3.63) is 34.5 Å². The van der Waals surface area contributed by atoms with Gasteiger partial charge in [-0.15, -0.1) is 12.4 Å². The van der Waals surface area contributed by atoms with Crippen molar-refractivity contribution in [2.45, 2.75) is 6.42 Å². The molecule has 2 rings (SSSR count). The number of pyridine rings is 1. The second kappa shape index (κ2) is 8.50. The van der Waals surface area contributed by atoms with Gasteiger partial charge in [-0.25, -0.2) is 0 Å². The largest absolute Gasteiger partial charge is 0.494 e. The Morgan fingerprint density at radius 1 is 1.35 bits per heavy atom. The topological polar surface area (TPSA) is 80.5 Å². The Hall–Kier alpha value is -2.12. The molecule has 0 bridgehead atoms. The van der Waals surface area contributed by atoms with Gasteiger partial charge in [-0.3, -0.25) is 15.1 Å². The van der Waals surface area contributed by atoms with Crippen LogP contribution in [0.3, 0.4) is 0 Å². The van der Waals surface area contributed by atoms with Gasteiger partial charge in [0.2, 0.25) is 0 Å². The highest BCUT2D eigenvalue weighted by atomic mass is 35.5. The quantitative estimate of drug-likeness (QED) is 0.474. The number of aromatic nitrogens is 1. The second-order valence-corrected chi connectivity index (χ2v) is 5.21. The molecule has 0 saturated carbocycles. The van der Waals surface area contributed by atoms with Gasteiger partial charge in [0, 0.05) is 18.8 Å². The molecular weight excluding hydrogens is 320 g/mol. The highest BCUT2D eigenvalue weighted by molar-refractivity contribution is 6.01. The van der Waals surface area contributed by atoms with E-state index in [9.17, 15) is 10.1 Å². The third-order valence-electron chi connectivity index (χ3n) is 3.35. The molecular formula is C15H21ClN4O3. The Morgan fingerprint density at radius 2 is 2.09 bits per heavy atom. The first-order chi connectivity index (χ1) is 10.5. The van der Waals surface area contributed by atoms with Gasteiger partial charge in [0.15, 0.2) is 0 Å². The van der Waals surface area contributed by atoms with E-state index in [4.69, 9.17) is 4.74 Å². The molecule has 1 aromatic heterocycles. The van der Waals surface area contributed by atoms with Crippen molar-refractivity contribution in [3.63, 3.8) is 0 Å². The summed E-state index contributed by atoms with van der Waals surface area (Å²) in [6.07, 6.45) is 2.57. The Balaban J connectivity index is 0.00000264. The van der Waals surface area contributed by atoms with Crippen molar-refractivity contribution in [2.75, 3.05) is 39.6 Å². The minimum absolute atomic E-state index is 0. The van der Waals surface area contributed by atoms with Gasteiger partial charge in [-0.2, -0.15) is 0 Å². The summed E-state index contributed by atoms with van der Waals surface area (Å²) in [5, 5.41) is 15.0. The molecule has 0 spiro atoms. The molecule has 1 heterocycles. The van der Waals surface area contributed by atoms with E-state index in [0.717, 1.165) is 19.5 Å². The van der Waals surface area contributed by atoms with E-state index in [2.05, 4.69) is 15.2 Å². The second-order valence-electron chi connectivity index (χ2n) is 5.21. The zero-order chi connectivity index (χ0) is 16.1. The summed E-state index contributed by atoms with van der Waals surface area (Å²) >= 11 is 0. The summed E-state index contributed by atoms with van der Waals surface area (Å²) in [6.45, 7) is 1.67. The number of non-ortho nitro benzene ring substituents is 1. The molecule has 0 aliphatic carbocycles. The molecule has 8 heteroatoms.